The van der Waals surface area contributed by atoms with E-state index in [1.165, 1.54) is 4.90 Å². The summed E-state index contributed by atoms with van der Waals surface area (Å²) in [6, 6.07) is 15.7. The van der Waals surface area contributed by atoms with E-state index in [4.69, 9.17) is 16.3 Å². The van der Waals surface area contributed by atoms with E-state index in [9.17, 15) is 13.2 Å². The second-order valence-electron chi connectivity index (χ2n) is 5.86. The average Bonchev–Trinajstić information content (AvgIpc) is 2.68. The Hall–Kier alpha value is -2.80. The van der Waals surface area contributed by atoms with Crippen LogP contribution in [0.15, 0.2) is 60.8 Å². The molecule has 0 atom stereocenters. The lowest BCUT2D eigenvalue weighted by atomic mass is 10.2. The van der Waals surface area contributed by atoms with Gasteiger partial charge in [-0.25, -0.2) is 4.98 Å². The quantitative estimate of drug-likeness (QED) is 0.511. The maximum atomic E-state index is 13.6. The van der Waals surface area contributed by atoms with E-state index in [1.54, 1.807) is 31.2 Å². The number of para-hydroxylation sites is 1. The summed E-state index contributed by atoms with van der Waals surface area (Å²) in [6.07, 6.45) is -3.88. The zero-order chi connectivity index (χ0) is 20.1. The summed E-state index contributed by atoms with van der Waals surface area (Å²) in [5, 5.41) is 0.322. The largest absolute Gasteiger partial charge is 0.459 e. The molecule has 1 aromatic heterocycles. The highest BCUT2D eigenvalue weighted by Crippen LogP contribution is 2.40. The van der Waals surface area contributed by atoms with Crippen LogP contribution in [-0.2, 0) is 12.8 Å². The number of hydrogen-bond acceptors (Lipinski definition) is 4. The fraction of sp³-hybridized carbons (Fsp3) is 0.200. The van der Waals surface area contributed by atoms with Gasteiger partial charge in [0.15, 0.2) is 5.82 Å². The summed E-state index contributed by atoms with van der Waals surface area (Å²) in [5.74, 6) is -0.304. The summed E-state index contributed by atoms with van der Waals surface area (Å²) in [5.41, 5.74) is 0.317. The lowest BCUT2D eigenvalue weighted by Gasteiger charge is -2.26. The Bertz CT molecular complexity index is 935. The smallest absolute Gasteiger partial charge is 0.421 e. The van der Waals surface area contributed by atoms with E-state index in [2.05, 4.69) is 9.97 Å². The Labute approximate surface area is 165 Å². The van der Waals surface area contributed by atoms with Crippen molar-refractivity contribution in [2.45, 2.75) is 19.7 Å². The Kier molecular flexibility index (Phi) is 6.04. The molecular formula is C20H17ClF3N3O. The van der Waals surface area contributed by atoms with E-state index < -0.39 is 11.7 Å². The van der Waals surface area contributed by atoms with Crippen molar-refractivity contribution >= 4 is 23.1 Å². The Morgan fingerprint density at radius 3 is 2.36 bits per heavy atom. The van der Waals surface area contributed by atoms with Gasteiger partial charge in [0.25, 0.3) is 0 Å². The highest BCUT2D eigenvalue weighted by Gasteiger charge is 2.37. The molecule has 0 bridgehead atoms. The topological polar surface area (TPSA) is 38.2 Å². The molecule has 0 fully saturated rings. The van der Waals surface area contributed by atoms with Crippen LogP contribution < -0.4 is 9.64 Å². The lowest BCUT2D eigenvalue weighted by molar-refractivity contribution is -0.137. The molecule has 0 aliphatic carbocycles. The van der Waals surface area contributed by atoms with Gasteiger partial charge in [0.05, 0.1) is 10.7 Å². The molecule has 146 valence electrons. The van der Waals surface area contributed by atoms with Crippen LogP contribution in [-0.4, -0.2) is 16.5 Å². The Morgan fingerprint density at radius 2 is 1.71 bits per heavy atom. The van der Waals surface area contributed by atoms with E-state index >= 15 is 0 Å². The minimum Gasteiger partial charge on any atom is -0.459 e. The molecule has 3 rings (SSSR count). The summed E-state index contributed by atoms with van der Waals surface area (Å²) < 4.78 is 46.2. The van der Waals surface area contributed by atoms with Crippen molar-refractivity contribution in [2.75, 3.05) is 11.4 Å². The lowest BCUT2D eigenvalue weighted by Crippen LogP contribution is -2.23. The summed E-state index contributed by atoms with van der Waals surface area (Å²) >= 11 is 6.20. The first-order valence-electron chi connectivity index (χ1n) is 8.53. The van der Waals surface area contributed by atoms with Crippen molar-refractivity contribution in [2.24, 2.45) is 0 Å². The summed E-state index contributed by atoms with van der Waals surface area (Å²) in [6.45, 7) is 2.09. The number of benzene rings is 2. The molecule has 0 saturated heterocycles. The first kappa shape index (κ1) is 19.9. The Balaban J connectivity index is 1.99. The molecule has 0 saturated carbocycles. The Morgan fingerprint density at radius 1 is 1.04 bits per heavy atom. The van der Waals surface area contributed by atoms with Gasteiger partial charge in [0, 0.05) is 12.7 Å². The van der Waals surface area contributed by atoms with Gasteiger partial charge in [-0.2, -0.15) is 18.2 Å². The van der Waals surface area contributed by atoms with Crippen LogP contribution in [0.5, 0.6) is 6.01 Å². The van der Waals surface area contributed by atoms with E-state index in [-0.39, 0.29) is 25.0 Å². The van der Waals surface area contributed by atoms with Crippen LogP contribution in [0.2, 0.25) is 5.02 Å². The number of anilines is 2. The number of alkyl halides is 3. The first-order chi connectivity index (χ1) is 13.4. The van der Waals surface area contributed by atoms with Crippen molar-refractivity contribution in [3.05, 3.63) is 76.9 Å². The van der Waals surface area contributed by atoms with Crippen LogP contribution >= 0.6 is 11.6 Å². The van der Waals surface area contributed by atoms with Crippen LogP contribution in [0.4, 0.5) is 24.7 Å². The second kappa shape index (κ2) is 8.48. The molecule has 2 aromatic carbocycles. The maximum absolute atomic E-state index is 13.6. The van der Waals surface area contributed by atoms with Crippen molar-refractivity contribution in [1.29, 1.82) is 0 Å². The summed E-state index contributed by atoms with van der Waals surface area (Å²) in [4.78, 5) is 9.19. The number of nitrogens with zero attached hydrogens (tertiary/aromatic N) is 3. The van der Waals surface area contributed by atoms with Gasteiger partial charge in [-0.3, -0.25) is 0 Å². The minimum absolute atomic E-state index is 0.141. The molecule has 4 nitrogen and oxygen atoms in total. The normalized spacial score (nSPS) is 11.3. The minimum atomic E-state index is -4.62. The maximum Gasteiger partial charge on any atom is 0.421 e. The number of ether oxygens (including phenoxy) is 1. The molecule has 0 aliphatic rings. The van der Waals surface area contributed by atoms with Crippen LogP contribution in [0.3, 0.4) is 0 Å². The van der Waals surface area contributed by atoms with Gasteiger partial charge in [0.2, 0.25) is 0 Å². The summed E-state index contributed by atoms with van der Waals surface area (Å²) in [7, 11) is 0. The van der Waals surface area contributed by atoms with Gasteiger partial charge < -0.3 is 9.64 Å². The molecule has 3 aromatic rings. The number of rotatable bonds is 6. The third-order valence-corrected chi connectivity index (χ3v) is 4.30. The van der Waals surface area contributed by atoms with Gasteiger partial charge in [0.1, 0.15) is 12.2 Å². The molecule has 0 radical (unpaired) electrons. The third kappa shape index (κ3) is 4.54. The molecule has 28 heavy (non-hydrogen) atoms. The zero-order valence-electron chi connectivity index (χ0n) is 14.9. The van der Waals surface area contributed by atoms with Gasteiger partial charge in [-0.15, -0.1) is 0 Å². The average molecular weight is 408 g/mol. The molecule has 0 aliphatic heterocycles. The van der Waals surface area contributed by atoms with Crippen molar-refractivity contribution in [3.8, 4) is 6.01 Å². The van der Waals surface area contributed by atoms with E-state index in [1.807, 2.05) is 30.3 Å². The molecular weight excluding hydrogens is 391 g/mol. The molecule has 0 N–H and O–H groups in total. The predicted octanol–water partition coefficient (Wildman–Crippen LogP) is 5.89. The molecule has 0 spiro atoms. The number of aromatic nitrogens is 2. The third-order valence-electron chi connectivity index (χ3n) is 3.98. The van der Waals surface area contributed by atoms with Crippen molar-refractivity contribution in [3.63, 3.8) is 0 Å². The van der Waals surface area contributed by atoms with E-state index in [0.717, 1.165) is 11.8 Å². The van der Waals surface area contributed by atoms with Crippen LogP contribution in [0, 0.1) is 0 Å². The van der Waals surface area contributed by atoms with Gasteiger partial charge in [-0.1, -0.05) is 54.1 Å². The van der Waals surface area contributed by atoms with Gasteiger partial charge in [-0.05, 0) is 24.6 Å². The molecule has 0 unspecified atom stereocenters. The van der Waals surface area contributed by atoms with Crippen LogP contribution in [0.25, 0.3) is 0 Å². The SMILES string of the molecule is CCN(c1ccccc1Cl)c1nc(OCc2ccccc2)ncc1C(F)(F)F. The van der Waals surface area contributed by atoms with Crippen molar-refractivity contribution < 1.29 is 17.9 Å². The zero-order valence-corrected chi connectivity index (χ0v) is 15.7. The highest BCUT2D eigenvalue weighted by atomic mass is 35.5. The first-order valence-corrected chi connectivity index (χ1v) is 8.91. The van der Waals surface area contributed by atoms with Gasteiger partial charge >= 0.3 is 12.2 Å². The van der Waals surface area contributed by atoms with Crippen LogP contribution in [0.1, 0.15) is 18.1 Å². The number of hydrogen-bond donors (Lipinski definition) is 0. The molecule has 8 heteroatoms. The standard InChI is InChI=1S/C20H17ClF3N3O/c1-2-27(17-11-7-6-10-16(17)21)18-15(20(22,23)24)12-25-19(26-18)28-13-14-8-4-3-5-9-14/h3-12H,2,13H2,1H3. The van der Waals surface area contributed by atoms with Crippen molar-refractivity contribution in [1.82, 2.24) is 9.97 Å². The molecule has 1 heterocycles. The van der Waals surface area contributed by atoms with E-state index in [0.29, 0.717) is 10.7 Å². The number of halogens is 4. The highest BCUT2D eigenvalue weighted by molar-refractivity contribution is 6.33. The molecule has 0 amide bonds. The second-order valence-corrected chi connectivity index (χ2v) is 6.26. The monoisotopic (exact) mass is 407 g/mol. The predicted molar refractivity (Wildman–Crippen MR) is 102 cm³/mol. The fourth-order valence-corrected chi connectivity index (χ4v) is 2.90. The fourth-order valence-electron chi connectivity index (χ4n) is 2.66.